The van der Waals surface area contributed by atoms with Crippen molar-refractivity contribution in [1.82, 2.24) is 4.72 Å². The predicted octanol–water partition coefficient (Wildman–Crippen LogP) is 4.09. The van der Waals surface area contributed by atoms with Crippen molar-refractivity contribution in [3.8, 4) is 5.75 Å². The van der Waals surface area contributed by atoms with Gasteiger partial charge in [0.05, 0.1) is 6.04 Å². The van der Waals surface area contributed by atoms with Crippen LogP contribution in [0, 0.1) is 0 Å². The van der Waals surface area contributed by atoms with Crippen molar-refractivity contribution in [3.05, 3.63) is 29.8 Å². The predicted molar refractivity (Wildman–Crippen MR) is 77.2 cm³/mol. The van der Waals surface area contributed by atoms with Crippen molar-refractivity contribution < 1.29 is 22.5 Å². The molecule has 3 nitrogen and oxygen atoms in total. The third-order valence-corrected chi connectivity index (χ3v) is 4.32. The summed E-state index contributed by atoms with van der Waals surface area (Å²) in [6.45, 7) is 7.35. The fourth-order valence-corrected chi connectivity index (χ4v) is 2.54. The lowest BCUT2D eigenvalue weighted by Crippen LogP contribution is -2.41. The molecule has 1 aromatic carbocycles. The maximum absolute atomic E-state index is 12.2. The van der Waals surface area contributed by atoms with Gasteiger partial charge in [-0.3, -0.25) is 0 Å². The lowest BCUT2D eigenvalue weighted by atomic mass is 10.1. The Morgan fingerprint density at radius 2 is 1.90 bits per heavy atom. The van der Waals surface area contributed by atoms with Gasteiger partial charge in [-0.1, -0.05) is 19.1 Å². The summed E-state index contributed by atoms with van der Waals surface area (Å²) in [7, 11) is 0. The molecule has 2 unspecified atom stereocenters. The number of ether oxygens (including phenoxy) is 1. The first-order valence-electron chi connectivity index (χ1n) is 6.56. The van der Waals surface area contributed by atoms with Gasteiger partial charge >= 0.3 is 6.36 Å². The zero-order chi connectivity index (χ0) is 16.3. The van der Waals surface area contributed by atoms with Crippen LogP contribution in [-0.2, 0) is 11.4 Å². The summed E-state index contributed by atoms with van der Waals surface area (Å²) in [5, 5.41) is 0. The second kappa shape index (κ2) is 6.89. The summed E-state index contributed by atoms with van der Waals surface area (Å²) in [5.41, 5.74) is 0.608. The quantitative estimate of drug-likeness (QED) is 0.830. The van der Waals surface area contributed by atoms with Crippen LogP contribution in [0.4, 0.5) is 13.2 Å². The smallest absolute Gasteiger partial charge is 0.573 e. The summed E-state index contributed by atoms with van der Waals surface area (Å²) in [6, 6.07) is 5.42. The van der Waals surface area contributed by atoms with Gasteiger partial charge in [0.15, 0.2) is 0 Å². The van der Waals surface area contributed by atoms with Crippen molar-refractivity contribution in [2.24, 2.45) is 0 Å². The Morgan fingerprint density at radius 1 is 1.29 bits per heavy atom. The second-order valence-corrected chi connectivity index (χ2v) is 7.58. The molecule has 0 fully saturated rings. The standard InChI is InChI=1S/C14H20F3NO2S/c1-5-12(18-21(19)13(2,3)4)10-7-6-8-11(9-10)20-14(15,16)17/h6-9,12,18H,5H2,1-4H3. The molecule has 0 saturated carbocycles. The van der Waals surface area contributed by atoms with E-state index in [1.54, 1.807) is 6.07 Å². The summed E-state index contributed by atoms with van der Waals surface area (Å²) >= 11 is -1.31. The molecule has 1 rings (SSSR count). The van der Waals surface area contributed by atoms with Crippen LogP contribution in [0.25, 0.3) is 0 Å². The molecule has 0 radical (unpaired) electrons. The van der Waals surface area contributed by atoms with E-state index in [-0.39, 0.29) is 11.8 Å². The molecule has 0 bridgehead atoms. The lowest BCUT2D eigenvalue weighted by molar-refractivity contribution is -0.274. The zero-order valence-corrected chi connectivity index (χ0v) is 13.3. The van der Waals surface area contributed by atoms with Gasteiger partial charge in [0.25, 0.3) is 0 Å². The minimum atomic E-state index is -4.72. The minimum absolute atomic E-state index is 0.276. The Kier molecular flexibility index (Phi) is 5.95. The highest BCUT2D eigenvalue weighted by Crippen LogP contribution is 2.28. The Balaban J connectivity index is 2.89. The number of hydrogen-bond donors (Lipinski definition) is 1. The van der Waals surface area contributed by atoms with Crippen LogP contribution in [0.2, 0.25) is 0 Å². The van der Waals surface area contributed by atoms with E-state index in [4.69, 9.17) is 0 Å². The van der Waals surface area contributed by atoms with E-state index in [0.717, 1.165) is 0 Å². The van der Waals surface area contributed by atoms with Crippen molar-refractivity contribution in [2.75, 3.05) is 0 Å². The van der Waals surface area contributed by atoms with Crippen LogP contribution >= 0.6 is 0 Å². The van der Waals surface area contributed by atoms with Crippen molar-refractivity contribution in [2.45, 2.75) is 51.3 Å². The van der Waals surface area contributed by atoms with E-state index in [2.05, 4.69) is 9.46 Å². The highest BCUT2D eigenvalue weighted by Gasteiger charge is 2.32. The van der Waals surface area contributed by atoms with Crippen LogP contribution in [0.5, 0.6) is 5.75 Å². The van der Waals surface area contributed by atoms with Crippen LogP contribution in [0.1, 0.15) is 45.7 Å². The molecule has 0 aliphatic heterocycles. The number of alkyl halides is 3. The Labute approximate surface area is 126 Å². The Bertz CT molecular complexity index is 460. The number of benzene rings is 1. The van der Waals surface area contributed by atoms with Crippen LogP contribution in [0.3, 0.4) is 0 Å². The largest absolute Gasteiger partial charge is 0.598 e. The van der Waals surface area contributed by atoms with E-state index < -0.39 is 22.5 Å². The highest BCUT2D eigenvalue weighted by molar-refractivity contribution is 7.90. The SMILES string of the molecule is CCC(N[S+]([O-])C(C)(C)C)c1cccc(OC(F)(F)F)c1. The molecular formula is C14H20F3NO2S. The van der Waals surface area contributed by atoms with E-state index in [0.29, 0.717) is 12.0 Å². The van der Waals surface area contributed by atoms with Crippen molar-refractivity contribution in [1.29, 1.82) is 0 Å². The third-order valence-electron chi connectivity index (χ3n) is 2.71. The number of hydrogen-bond acceptors (Lipinski definition) is 3. The van der Waals surface area contributed by atoms with Crippen LogP contribution in [0.15, 0.2) is 24.3 Å². The molecule has 21 heavy (non-hydrogen) atoms. The van der Waals surface area contributed by atoms with Gasteiger partial charge in [-0.15, -0.1) is 17.9 Å². The number of nitrogens with one attached hydrogen (secondary N) is 1. The number of halogens is 3. The van der Waals surface area contributed by atoms with E-state index in [1.165, 1.54) is 18.2 Å². The first-order chi connectivity index (χ1) is 9.53. The molecule has 1 aromatic rings. The molecule has 0 spiro atoms. The normalized spacial score (nSPS) is 15.6. The van der Waals surface area contributed by atoms with Gasteiger partial charge < -0.3 is 9.29 Å². The average Bonchev–Trinajstić information content (AvgIpc) is 2.32. The molecule has 2 atom stereocenters. The molecule has 7 heteroatoms. The molecular weight excluding hydrogens is 303 g/mol. The van der Waals surface area contributed by atoms with Crippen molar-refractivity contribution in [3.63, 3.8) is 0 Å². The Hall–Kier alpha value is -0.920. The summed E-state index contributed by atoms with van der Waals surface area (Å²) in [6.07, 6.45) is -4.13. The van der Waals surface area contributed by atoms with E-state index in [9.17, 15) is 17.7 Å². The molecule has 0 amide bonds. The lowest BCUT2D eigenvalue weighted by Gasteiger charge is -2.27. The van der Waals surface area contributed by atoms with E-state index >= 15 is 0 Å². The van der Waals surface area contributed by atoms with Gasteiger partial charge in [-0.25, -0.2) is 0 Å². The van der Waals surface area contributed by atoms with Gasteiger partial charge in [0, 0.05) is 11.4 Å². The molecule has 0 aromatic heterocycles. The van der Waals surface area contributed by atoms with Gasteiger partial charge in [0.2, 0.25) is 0 Å². The van der Waals surface area contributed by atoms with Crippen LogP contribution < -0.4 is 9.46 Å². The maximum atomic E-state index is 12.2. The molecule has 0 heterocycles. The summed E-state index contributed by atoms with van der Waals surface area (Å²) in [4.78, 5) is 0. The topological polar surface area (TPSA) is 44.3 Å². The van der Waals surface area contributed by atoms with Crippen LogP contribution in [-0.4, -0.2) is 15.7 Å². The fraction of sp³-hybridized carbons (Fsp3) is 0.571. The molecule has 0 saturated heterocycles. The zero-order valence-electron chi connectivity index (χ0n) is 12.5. The average molecular weight is 323 g/mol. The molecule has 0 aliphatic rings. The molecule has 120 valence electrons. The highest BCUT2D eigenvalue weighted by atomic mass is 32.2. The second-order valence-electron chi connectivity index (χ2n) is 5.58. The number of rotatable bonds is 5. The minimum Gasteiger partial charge on any atom is -0.598 e. The summed E-state index contributed by atoms with van der Waals surface area (Å²) in [5.74, 6) is -0.276. The van der Waals surface area contributed by atoms with Crippen molar-refractivity contribution >= 4 is 11.4 Å². The third kappa shape index (κ3) is 6.15. The van der Waals surface area contributed by atoms with Gasteiger partial charge in [0.1, 0.15) is 10.5 Å². The molecule has 0 aliphatic carbocycles. The van der Waals surface area contributed by atoms with Gasteiger partial charge in [-0.05, 0) is 44.9 Å². The first-order valence-corrected chi connectivity index (χ1v) is 7.71. The molecule has 1 N–H and O–H groups in total. The first kappa shape index (κ1) is 18.1. The maximum Gasteiger partial charge on any atom is 0.573 e. The summed E-state index contributed by atoms with van der Waals surface area (Å²) < 4.78 is 55.2. The fourth-order valence-electron chi connectivity index (χ4n) is 1.62. The van der Waals surface area contributed by atoms with E-state index in [1.807, 2.05) is 27.7 Å². The van der Waals surface area contributed by atoms with Gasteiger partial charge in [-0.2, -0.15) is 0 Å². The Morgan fingerprint density at radius 3 is 2.38 bits per heavy atom. The monoisotopic (exact) mass is 323 g/mol.